The quantitative estimate of drug-likeness (QED) is 0.190. The maximum Gasteiger partial charge on any atom is 0.236 e. The minimum atomic E-state index is -0.810. The normalized spacial score (nSPS) is 16.4. The monoisotopic (exact) mass is 629 g/mol. The topological polar surface area (TPSA) is 53.7 Å². The Morgan fingerprint density at radius 2 is 1.71 bits per heavy atom. The van der Waals surface area contributed by atoms with Gasteiger partial charge in [-0.25, -0.2) is 23.1 Å². The van der Waals surface area contributed by atoms with Gasteiger partial charge in [0.15, 0.2) is 0 Å². The number of aryl methyl sites for hydroxylation is 1. The van der Waals surface area contributed by atoms with Crippen LogP contribution in [0.4, 0.5) is 13.2 Å². The molecule has 0 bridgehead atoms. The maximum atomic E-state index is 16.3. The summed E-state index contributed by atoms with van der Waals surface area (Å²) in [5.41, 5.74) is 6.75. The van der Waals surface area contributed by atoms with Gasteiger partial charge < -0.3 is 4.90 Å². The number of halogens is 3. The first-order chi connectivity index (χ1) is 21.8. The third kappa shape index (κ3) is 5.66. The van der Waals surface area contributed by atoms with Gasteiger partial charge in [0, 0.05) is 54.4 Å². The molecular formula is C35H34F3N5OS. The van der Waals surface area contributed by atoms with Crippen LogP contribution in [-0.4, -0.2) is 69.0 Å². The standard InChI is InChI=1S/C35H34F3N5OS/c1-3-29-34(28-10-9-27(21(2)33(28)38)35-40-30(20-45-35)23-4-7-25(36)8-5-23)43-16-24(6-11-31(43)39-29)22-12-14-42(15-13-22)32(44)19-41-17-26(37)18-41/h4-11,16,20,22,26H,3,12-15,17-19H2,1-2H3. The van der Waals surface area contributed by atoms with Gasteiger partial charge in [-0.3, -0.25) is 14.1 Å². The molecule has 2 aliphatic rings. The Labute approximate surface area is 264 Å². The average molecular weight is 630 g/mol. The van der Waals surface area contributed by atoms with E-state index in [9.17, 15) is 13.6 Å². The van der Waals surface area contributed by atoms with Gasteiger partial charge in [0.1, 0.15) is 28.5 Å². The predicted octanol–water partition coefficient (Wildman–Crippen LogP) is 7.30. The number of rotatable bonds is 7. The molecule has 0 spiro atoms. The van der Waals surface area contributed by atoms with Crippen molar-refractivity contribution in [1.82, 2.24) is 24.2 Å². The Kier molecular flexibility index (Phi) is 7.95. The number of pyridine rings is 1. The highest BCUT2D eigenvalue weighted by Gasteiger charge is 2.31. The van der Waals surface area contributed by atoms with Crippen LogP contribution in [0.15, 0.2) is 60.1 Å². The SMILES string of the molecule is CCc1nc2ccc(C3CCN(C(=O)CN4CC(F)C4)CC3)cn2c1-c1ccc(-c2nc(-c3ccc(F)cc3)cs2)c(C)c1F. The molecule has 0 unspecified atom stereocenters. The van der Waals surface area contributed by atoms with Crippen molar-refractivity contribution in [2.45, 2.75) is 45.2 Å². The number of likely N-dealkylation sites (tertiary alicyclic amines) is 2. The first kappa shape index (κ1) is 29.7. The van der Waals surface area contributed by atoms with Crippen molar-refractivity contribution in [2.24, 2.45) is 0 Å². The molecule has 2 fully saturated rings. The average Bonchev–Trinajstić information content (AvgIpc) is 3.67. The molecule has 0 radical (unpaired) electrons. The van der Waals surface area contributed by atoms with Gasteiger partial charge >= 0.3 is 0 Å². The molecular weight excluding hydrogens is 595 g/mol. The number of amides is 1. The van der Waals surface area contributed by atoms with Crippen LogP contribution in [0.2, 0.25) is 0 Å². The van der Waals surface area contributed by atoms with E-state index in [1.54, 1.807) is 19.1 Å². The highest BCUT2D eigenvalue weighted by Crippen LogP contribution is 2.37. The summed E-state index contributed by atoms with van der Waals surface area (Å²) in [6, 6.07) is 14.0. The van der Waals surface area contributed by atoms with Crippen molar-refractivity contribution in [3.05, 3.63) is 88.6 Å². The lowest BCUT2D eigenvalue weighted by Gasteiger charge is -2.37. The maximum absolute atomic E-state index is 16.3. The van der Waals surface area contributed by atoms with E-state index < -0.39 is 6.17 Å². The van der Waals surface area contributed by atoms with Crippen molar-refractivity contribution in [2.75, 3.05) is 32.7 Å². The Morgan fingerprint density at radius 1 is 0.978 bits per heavy atom. The van der Waals surface area contributed by atoms with Crippen LogP contribution in [0, 0.1) is 18.6 Å². The molecule has 0 N–H and O–H groups in total. The van der Waals surface area contributed by atoms with E-state index in [4.69, 9.17) is 9.97 Å². The first-order valence-corrected chi connectivity index (χ1v) is 16.3. The van der Waals surface area contributed by atoms with E-state index in [2.05, 4.69) is 12.3 Å². The highest BCUT2D eigenvalue weighted by molar-refractivity contribution is 7.13. The van der Waals surface area contributed by atoms with E-state index >= 15 is 4.39 Å². The lowest BCUT2D eigenvalue weighted by atomic mass is 9.90. The second-order valence-corrected chi connectivity index (χ2v) is 12.9. The van der Waals surface area contributed by atoms with Gasteiger partial charge in [0.2, 0.25) is 5.91 Å². The number of thiazole rings is 1. The Morgan fingerprint density at radius 3 is 2.42 bits per heavy atom. The number of hydrogen-bond acceptors (Lipinski definition) is 5. The van der Waals surface area contributed by atoms with Crippen LogP contribution in [-0.2, 0) is 11.2 Å². The molecule has 10 heteroatoms. The number of fused-ring (bicyclic) bond motifs is 1. The number of hydrogen-bond donors (Lipinski definition) is 0. The Hall–Kier alpha value is -4.02. The fraction of sp³-hybridized carbons (Fsp3) is 0.343. The number of nitrogens with zero attached hydrogens (tertiary/aromatic N) is 5. The summed E-state index contributed by atoms with van der Waals surface area (Å²) >= 11 is 1.43. The van der Waals surface area contributed by atoms with Crippen LogP contribution < -0.4 is 0 Å². The number of carbonyl (C=O) groups excluding carboxylic acids is 1. The molecule has 3 aromatic heterocycles. The van der Waals surface area contributed by atoms with E-state index in [1.807, 2.05) is 44.7 Å². The fourth-order valence-electron chi connectivity index (χ4n) is 6.52. The minimum Gasteiger partial charge on any atom is -0.342 e. The van der Waals surface area contributed by atoms with Crippen LogP contribution in [0.1, 0.15) is 42.5 Å². The summed E-state index contributed by atoms with van der Waals surface area (Å²) in [4.78, 5) is 26.0. The van der Waals surface area contributed by atoms with Crippen molar-refractivity contribution >= 4 is 22.9 Å². The number of alkyl halides is 1. The third-order valence-corrected chi connectivity index (χ3v) is 10.0. The lowest BCUT2D eigenvalue weighted by molar-refractivity contribution is -0.135. The molecule has 5 heterocycles. The number of carbonyl (C=O) groups is 1. The van der Waals surface area contributed by atoms with Crippen molar-refractivity contribution in [1.29, 1.82) is 0 Å². The van der Waals surface area contributed by atoms with E-state index in [1.165, 1.54) is 23.5 Å². The molecule has 1 amide bonds. The van der Waals surface area contributed by atoms with Crippen LogP contribution in [0.5, 0.6) is 0 Å². The van der Waals surface area contributed by atoms with Gasteiger partial charge in [0.25, 0.3) is 0 Å². The highest BCUT2D eigenvalue weighted by atomic mass is 32.1. The molecule has 2 aliphatic heterocycles. The lowest BCUT2D eigenvalue weighted by Crippen LogP contribution is -2.53. The number of benzene rings is 2. The second-order valence-electron chi connectivity index (χ2n) is 12.0. The van der Waals surface area contributed by atoms with Gasteiger partial charge in [-0.1, -0.05) is 19.1 Å². The van der Waals surface area contributed by atoms with Gasteiger partial charge in [-0.2, -0.15) is 0 Å². The van der Waals surface area contributed by atoms with Crippen molar-refractivity contribution < 1.29 is 18.0 Å². The van der Waals surface area contributed by atoms with E-state index in [0.717, 1.165) is 52.3 Å². The summed E-state index contributed by atoms with van der Waals surface area (Å²) in [5.74, 6) is -0.268. The molecule has 2 aromatic carbocycles. The van der Waals surface area contributed by atoms with Crippen LogP contribution in [0.25, 0.3) is 38.7 Å². The predicted molar refractivity (Wildman–Crippen MR) is 171 cm³/mol. The molecule has 6 nitrogen and oxygen atoms in total. The Bertz CT molecular complexity index is 1870. The molecule has 45 heavy (non-hydrogen) atoms. The Balaban J connectivity index is 1.15. The molecule has 232 valence electrons. The van der Waals surface area contributed by atoms with Gasteiger partial charge in [0.05, 0.1) is 23.6 Å². The molecule has 0 aliphatic carbocycles. The fourth-order valence-corrected chi connectivity index (χ4v) is 7.43. The third-order valence-electron chi connectivity index (χ3n) is 9.16. The molecule has 0 atom stereocenters. The summed E-state index contributed by atoms with van der Waals surface area (Å²) in [6.07, 6.45) is 3.60. The molecule has 7 rings (SSSR count). The number of imidazole rings is 1. The summed E-state index contributed by atoms with van der Waals surface area (Å²) in [5, 5.41) is 2.61. The minimum absolute atomic E-state index is 0.0685. The zero-order chi connectivity index (χ0) is 31.2. The largest absolute Gasteiger partial charge is 0.342 e. The molecule has 5 aromatic rings. The first-order valence-electron chi connectivity index (χ1n) is 15.5. The summed E-state index contributed by atoms with van der Waals surface area (Å²) in [7, 11) is 0. The molecule has 2 saturated heterocycles. The van der Waals surface area contributed by atoms with Crippen molar-refractivity contribution in [3.8, 4) is 33.1 Å². The zero-order valence-corrected chi connectivity index (χ0v) is 26.1. The van der Waals surface area contributed by atoms with Gasteiger partial charge in [-0.15, -0.1) is 11.3 Å². The van der Waals surface area contributed by atoms with E-state index in [-0.39, 0.29) is 30.0 Å². The number of piperidine rings is 1. The summed E-state index contributed by atoms with van der Waals surface area (Å²) in [6.45, 7) is 6.12. The second kappa shape index (κ2) is 12.1. The van der Waals surface area contributed by atoms with Gasteiger partial charge in [-0.05, 0) is 79.6 Å². The number of aromatic nitrogens is 3. The van der Waals surface area contributed by atoms with Crippen LogP contribution in [0.3, 0.4) is 0 Å². The van der Waals surface area contributed by atoms with Crippen molar-refractivity contribution in [3.63, 3.8) is 0 Å². The van der Waals surface area contributed by atoms with Crippen LogP contribution >= 0.6 is 11.3 Å². The molecule has 0 saturated carbocycles. The zero-order valence-electron chi connectivity index (χ0n) is 25.3. The smallest absolute Gasteiger partial charge is 0.236 e. The van der Waals surface area contributed by atoms with E-state index in [0.29, 0.717) is 48.7 Å². The summed E-state index contributed by atoms with van der Waals surface area (Å²) < 4.78 is 44.8.